The number of amides is 1. The Morgan fingerprint density at radius 1 is 1.15 bits per heavy atom. The molecule has 0 aliphatic rings. The molecule has 134 valence electrons. The van der Waals surface area contributed by atoms with E-state index in [2.05, 4.69) is 22.6 Å². The number of hydrogen-bond donors (Lipinski definition) is 1. The molecule has 0 aliphatic carbocycles. The first kappa shape index (κ1) is 17.9. The highest BCUT2D eigenvalue weighted by atomic mass is 35.5. The molecule has 26 heavy (non-hydrogen) atoms. The lowest BCUT2D eigenvalue weighted by Gasteiger charge is -2.10. The van der Waals surface area contributed by atoms with Crippen LogP contribution in [0.4, 0.5) is 5.82 Å². The summed E-state index contributed by atoms with van der Waals surface area (Å²) in [5, 5.41) is 11.0. The summed E-state index contributed by atoms with van der Waals surface area (Å²) in [7, 11) is 0. The van der Waals surface area contributed by atoms with Gasteiger partial charge < -0.3 is 10.1 Å². The van der Waals surface area contributed by atoms with Gasteiger partial charge in [-0.05, 0) is 41.0 Å². The second kappa shape index (κ2) is 8.49. The minimum atomic E-state index is -0.344. The predicted molar refractivity (Wildman–Crippen MR) is 99.5 cm³/mol. The predicted octanol–water partition coefficient (Wildman–Crippen LogP) is 4.82. The zero-order valence-corrected chi connectivity index (χ0v) is 15.0. The van der Waals surface area contributed by atoms with Crippen molar-refractivity contribution < 1.29 is 14.2 Å². The number of anilines is 1. The molecule has 3 aromatic rings. The first-order chi connectivity index (χ1) is 12.7. The molecular formula is C19H18ClN3O3. The van der Waals surface area contributed by atoms with Gasteiger partial charge in [0.2, 0.25) is 5.82 Å². The molecule has 1 aromatic heterocycles. The van der Waals surface area contributed by atoms with Crippen molar-refractivity contribution >= 4 is 23.3 Å². The van der Waals surface area contributed by atoms with Crippen LogP contribution in [-0.4, -0.2) is 22.8 Å². The third-order valence-corrected chi connectivity index (χ3v) is 3.98. The Bertz CT molecular complexity index is 878. The lowest BCUT2D eigenvalue weighted by Crippen LogP contribution is -2.14. The molecule has 3 rings (SSSR count). The van der Waals surface area contributed by atoms with E-state index in [-0.39, 0.29) is 11.7 Å². The first-order valence-corrected chi connectivity index (χ1v) is 8.68. The summed E-state index contributed by atoms with van der Waals surface area (Å²) in [6, 6.07) is 14.1. The topological polar surface area (TPSA) is 77.2 Å². The Morgan fingerprint density at radius 2 is 1.92 bits per heavy atom. The number of nitrogens with zero attached hydrogens (tertiary/aromatic N) is 2. The molecule has 1 N–H and O–H groups in total. The summed E-state index contributed by atoms with van der Waals surface area (Å²) in [5.41, 5.74) is 1.59. The fourth-order valence-corrected chi connectivity index (χ4v) is 2.48. The van der Waals surface area contributed by atoms with Crippen molar-refractivity contribution in [3.05, 3.63) is 59.1 Å². The van der Waals surface area contributed by atoms with Crippen molar-refractivity contribution in [3.63, 3.8) is 0 Å². The van der Waals surface area contributed by atoms with Crippen LogP contribution in [0, 0.1) is 0 Å². The summed E-state index contributed by atoms with van der Waals surface area (Å²) in [6.07, 6.45) is 1.94. The monoisotopic (exact) mass is 371 g/mol. The highest BCUT2D eigenvalue weighted by Gasteiger charge is 2.18. The van der Waals surface area contributed by atoms with E-state index in [1.54, 1.807) is 42.5 Å². The summed E-state index contributed by atoms with van der Waals surface area (Å²) in [4.78, 5) is 12.7. The van der Waals surface area contributed by atoms with Crippen LogP contribution in [0.5, 0.6) is 5.75 Å². The highest BCUT2D eigenvalue weighted by molar-refractivity contribution is 6.30. The average molecular weight is 372 g/mol. The zero-order valence-electron chi connectivity index (χ0n) is 14.2. The highest BCUT2D eigenvalue weighted by Crippen LogP contribution is 2.27. The van der Waals surface area contributed by atoms with E-state index in [9.17, 15) is 4.79 Å². The quantitative estimate of drug-likeness (QED) is 0.602. The van der Waals surface area contributed by atoms with Crippen LogP contribution in [0.3, 0.4) is 0 Å². The minimum absolute atomic E-state index is 0.237. The van der Waals surface area contributed by atoms with E-state index in [1.165, 1.54) is 0 Å². The zero-order chi connectivity index (χ0) is 18.4. The third kappa shape index (κ3) is 4.21. The fraction of sp³-hybridized carbons (Fsp3) is 0.211. The van der Waals surface area contributed by atoms with Crippen molar-refractivity contribution in [1.29, 1.82) is 0 Å². The largest absolute Gasteiger partial charge is 0.493 e. The Kier molecular flexibility index (Phi) is 5.86. The van der Waals surface area contributed by atoms with E-state index >= 15 is 0 Å². The molecule has 0 saturated heterocycles. The number of hydrogen-bond acceptors (Lipinski definition) is 5. The number of carbonyl (C=O) groups is 1. The Labute approximate surface area is 156 Å². The summed E-state index contributed by atoms with van der Waals surface area (Å²) >= 11 is 5.90. The number of rotatable bonds is 7. The van der Waals surface area contributed by atoms with Gasteiger partial charge in [-0.15, -0.1) is 0 Å². The van der Waals surface area contributed by atoms with Gasteiger partial charge in [-0.1, -0.05) is 49.2 Å². The molecule has 2 aromatic carbocycles. The number of carbonyl (C=O) groups excluding carboxylic acids is 1. The minimum Gasteiger partial charge on any atom is -0.493 e. The molecule has 0 unspecified atom stereocenters. The number of ether oxygens (including phenoxy) is 1. The molecule has 1 heterocycles. The van der Waals surface area contributed by atoms with Gasteiger partial charge in [-0.3, -0.25) is 4.79 Å². The molecule has 0 bridgehead atoms. The average Bonchev–Trinajstić information content (AvgIpc) is 3.11. The van der Waals surface area contributed by atoms with Crippen molar-refractivity contribution in [2.45, 2.75) is 19.8 Å². The number of unbranched alkanes of at least 4 members (excludes halogenated alkanes) is 1. The lowest BCUT2D eigenvalue weighted by atomic mass is 10.1. The van der Waals surface area contributed by atoms with E-state index < -0.39 is 0 Å². The maximum atomic E-state index is 12.7. The van der Waals surface area contributed by atoms with Gasteiger partial charge in [0.25, 0.3) is 5.91 Å². The molecule has 0 aliphatic heterocycles. The molecule has 0 atom stereocenters. The first-order valence-electron chi connectivity index (χ1n) is 8.30. The van der Waals surface area contributed by atoms with Crippen LogP contribution in [0.25, 0.3) is 11.3 Å². The summed E-state index contributed by atoms with van der Waals surface area (Å²) in [5.74, 6) is 0.423. The molecule has 0 radical (unpaired) electrons. The van der Waals surface area contributed by atoms with Crippen LogP contribution in [0.15, 0.2) is 53.2 Å². The van der Waals surface area contributed by atoms with E-state index in [1.807, 2.05) is 6.07 Å². The van der Waals surface area contributed by atoms with E-state index in [0.717, 1.165) is 18.4 Å². The van der Waals surface area contributed by atoms with Crippen LogP contribution >= 0.6 is 11.6 Å². The van der Waals surface area contributed by atoms with Crippen LogP contribution < -0.4 is 10.1 Å². The van der Waals surface area contributed by atoms with Crippen LogP contribution in [0.1, 0.15) is 30.1 Å². The van der Waals surface area contributed by atoms with Crippen molar-refractivity contribution in [2.75, 3.05) is 11.9 Å². The Balaban J connectivity index is 1.79. The summed E-state index contributed by atoms with van der Waals surface area (Å²) < 4.78 is 10.5. The molecule has 7 heteroatoms. The fourth-order valence-electron chi connectivity index (χ4n) is 2.35. The second-order valence-electron chi connectivity index (χ2n) is 5.62. The van der Waals surface area contributed by atoms with Crippen LogP contribution in [-0.2, 0) is 0 Å². The molecule has 0 fully saturated rings. The molecular weight excluding hydrogens is 354 g/mol. The van der Waals surface area contributed by atoms with Gasteiger partial charge in [0.05, 0.1) is 12.2 Å². The summed E-state index contributed by atoms with van der Waals surface area (Å²) in [6.45, 7) is 2.64. The smallest absolute Gasteiger partial charge is 0.260 e. The maximum absolute atomic E-state index is 12.7. The van der Waals surface area contributed by atoms with E-state index in [4.69, 9.17) is 21.0 Å². The van der Waals surface area contributed by atoms with Crippen molar-refractivity contribution in [2.24, 2.45) is 0 Å². The van der Waals surface area contributed by atoms with Gasteiger partial charge in [0.15, 0.2) is 5.69 Å². The molecule has 6 nitrogen and oxygen atoms in total. The van der Waals surface area contributed by atoms with Gasteiger partial charge in [0, 0.05) is 10.6 Å². The van der Waals surface area contributed by atoms with E-state index in [0.29, 0.717) is 28.6 Å². The number of benzene rings is 2. The maximum Gasteiger partial charge on any atom is 0.260 e. The number of para-hydroxylation sites is 1. The lowest BCUT2D eigenvalue weighted by molar-refractivity contribution is 0.102. The number of nitrogens with one attached hydrogen (secondary N) is 1. The standard InChI is InChI=1S/C19H18ClN3O3/c1-2-3-12-25-16-7-5-4-6-15(16)19(24)21-18-17(22-26-23-18)13-8-10-14(20)11-9-13/h4-11H,2-3,12H2,1H3,(H,21,23,24). The number of halogens is 1. The van der Waals surface area contributed by atoms with Crippen LogP contribution in [0.2, 0.25) is 5.02 Å². The Morgan fingerprint density at radius 3 is 2.69 bits per heavy atom. The van der Waals surface area contributed by atoms with Gasteiger partial charge >= 0.3 is 0 Å². The van der Waals surface area contributed by atoms with Crippen molar-refractivity contribution in [3.8, 4) is 17.0 Å². The van der Waals surface area contributed by atoms with Crippen molar-refractivity contribution in [1.82, 2.24) is 10.3 Å². The second-order valence-corrected chi connectivity index (χ2v) is 6.06. The third-order valence-electron chi connectivity index (χ3n) is 3.73. The normalized spacial score (nSPS) is 10.5. The number of aromatic nitrogens is 2. The van der Waals surface area contributed by atoms with Gasteiger partial charge in [-0.2, -0.15) is 0 Å². The van der Waals surface area contributed by atoms with Gasteiger partial charge in [0.1, 0.15) is 5.75 Å². The SMILES string of the molecule is CCCCOc1ccccc1C(=O)Nc1nonc1-c1ccc(Cl)cc1. The molecule has 1 amide bonds. The Hall–Kier alpha value is -2.86. The molecule has 0 saturated carbocycles. The van der Waals surface area contributed by atoms with Gasteiger partial charge in [-0.25, -0.2) is 4.63 Å². The molecule has 0 spiro atoms.